The Labute approximate surface area is 150 Å². The van der Waals surface area contributed by atoms with Gasteiger partial charge in [0.25, 0.3) is 11.5 Å². The van der Waals surface area contributed by atoms with E-state index in [1.807, 2.05) is 13.0 Å². The average molecular weight is 353 g/mol. The number of benzene rings is 2. The van der Waals surface area contributed by atoms with Gasteiger partial charge in [0.05, 0.1) is 24.2 Å². The van der Waals surface area contributed by atoms with E-state index in [9.17, 15) is 9.59 Å². The predicted octanol–water partition coefficient (Wildman–Crippen LogP) is 2.02. The maximum absolute atomic E-state index is 12.0. The minimum absolute atomic E-state index is 0.116. The van der Waals surface area contributed by atoms with Crippen LogP contribution in [0.3, 0.4) is 0 Å². The summed E-state index contributed by atoms with van der Waals surface area (Å²) in [5, 5.41) is 10.4. The van der Waals surface area contributed by atoms with E-state index in [2.05, 4.69) is 15.5 Å². The van der Waals surface area contributed by atoms with Gasteiger partial charge in [-0.25, -0.2) is 5.10 Å². The zero-order valence-corrected chi connectivity index (χ0v) is 14.3. The highest BCUT2D eigenvalue weighted by molar-refractivity contribution is 5.84. The van der Waals surface area contributed by atoms with Crippen LogP contribution in [0.1, 0.15) is 12.6 Å². The van der Waals surface area contributed by atoms with E-state index in [1.54, 1.807) is 42.5 Å². The molecule has 2 N–H and O–H groups in total. The van der Waals surface area contributed by atoms with E-state index >= 15 is 0 Å². The number of aromatic amines is 1. The molecule has 3 aromatic rings. The summed E-state index contributed by atoms with van der Waals surface area (Å²) in [4.78, 5) is 23.8. The molecule has 1 aromatic heterocycles. The summed E-state index contributed by atoms with van der Waals surface area (Å²) in [6.07, 6.45) is 0. The quantitative estimate of drug-likeness (QED) is 0.678. The Kier molecular flexibility index (Phi) is 5.48. The molecule has 0 saturated carbocycles. The van der Waals surface area contributed by atoms with Crippen molar-refractivity contribution < 1.29 is 14.3 Å². The molecule has 0 atom stereocenters. The van der Waals surface area contributed by atoms with Gasteiger partial charge in [0.2, 0.25) is 0 Å². The lowest BCUT2D eigenvalue weighted by Crippen LogP contribution is -2.29. The van der Waals surface area contributed by atoms with E-state index in [1.165, 1.54) is 0 Å². The second kappa shape index (κ2) is 8.15. The summed E-state index contributed by atoms with van der Waals surface area (Å²) in [7, 11) is 0. The lowest BCUT2D eigenvalue weighted by molar-refractivity contribution is -0.123. The largest absolute Gasteiger partial charge is 0.494 e. The summed E-state index contributed by atoms with van der Waals surface area (Å²) < 4.78 is 10.8. The fraction of sp³-hybridized carbons (Fsp3) is 0.211. The third kappa shape index (κ3) is 4.18. The second-order valence-corrected chi connectivity index (χ2v) is 5.51. The summed E-state index contributed by atoms with van der Waals surface area (Å²) in [5.41, 5.74) is 0.337. The Balaban J connectivity index is 1.56. The van der Waals surface area contributed by atoms with Gasteiger partial charge in [-0.3, -0.25) is 9.59 Å². The number of nitrogens with zero attached hydrogens (tertiary/aromatic N) is 1. The van der Waals surface area contributed by atoms with Crippen molar-refractivity contribution in [2.45, 2.75) is 13.5 Å². The molecule has 0 aliphatic heterocycles. The van der Waals surface area contributed by atoms with Crippen LogP contribution >= 0.6 is 0 Å². The summed E-state index contributed by atoms with van der Waals surface area (Å²) in [5.74, 6) is 1.05. The Morgan fingerprint density at radius 1 is 1.04 bits per heavy atom. The van der Waals surface area contributed by atoms with Gasteiger partial charge in [0, 0.05) is 5.39 Å². The summed E-state index contributed by atoms with van der Waals surface area (Å²) >= 11 is 0. The highest BCUT2D eigenvalue weighted by Crippen LogP contribution is 2.17. The molecular weight excluding hydrogens is 334 g/mol. The second-order valence-electron chi connectivity index (χ2n) is 5.51. The van der Waals surface area contributed by atoms with Gasteiger partial charge in [-0.2, -0.15) is 5.10 Å². The van der Waals surface area contributed by atoms with Crippen molar-refractivity contribution >= 4 is 16.7 Å². The molecule has 3 rings (SSSR count). The van der Waals surface area contributed by atoms with Crippen LogP contribution in [0.15, 0.2) is 53.3 Å². The molecule has 0 aliphatic carbocycles. The van der Waals surface area contributed by atoms with Crippen LogP contribution in [0.2, 0.25) is 0 Å². The third-order valence-corrected chi connectivity index (χ3v) is 3.73. The molecular formula is C19H19N3O4. The van der Waals surface area contributed by atoms with Crippen LogP contribution in [0.5, 0.6) is 11.5 Å². The molecule has 134 valence electrons. The number of hydrogen-bond acceptors (Lipinski definition) is 5. The van der Waals surface area contributed by atoms with Gasteiger partial charge in [-0.1, -0.05) is 18.2 Å². The highest BCUT2D eigenvalue weighted by atomic mass is 16.5. The number of hydrogen-bond donors (Lipinski definition) is 2. The van der Waals surface area contributed by atoms with Crippen molar-refractivity contribution in [1.29, 1.82) is 0 Å². The Morgan fingerprint density at radius 3 is 2.38 bits per heavy atom. The number of H-pyrrole nitrogens is 1. The van der Waals surface area contributed by atoms with Gasteiger partial charge >= 0.3 is 0 Å². The summed E-state index contributed by atoms with van der Waals surface area (Å²) in [6.45, 7) is 2.59. The molecule has 0 fully saturated rings. The zero-order chi connectivity index (χ0) is 18.4. The molecule has 0 bridgehead atoms. The Hall–Kier alpha value is -3.35. The number of carbonyl (C=O) groups is 1. The lowest BCUT2D eigenvalue weighted by atomic mass is 10.1. The number of rotatable bonds is 7. The maximum atomic E-state index is 12.0. The van der Waals surface area contributed by atoms with Crippen molar-refractivity contribution in [3.05, 3.63) is 64.6 Å². The van der Waals surface area contributed by atoms with Crippen molar-refractivity contribution in [2.75, 3.05) is 13.2 Å². The van der Waals surface area contributed by atoms with Crippen molar-refractivity contribution in [3.63, 3.8) is 0 Å². The number of amides is 1. The van der Waals surface area contributed by atoms with Gasteiger partial charge in [-0.15, -0.1) is 0 Å². The fourth-order valence-corrected chi connectivity index (χ4v) is 2.49. The molecule has 1 amide bonds. The van der Waals surface area contributed by atoms with E-state index in [0.29, 0.717) is 28.8 Å². The van der Waals surface area contributed by atoms with Crippen molar-refractivity contribution in [3.8, 4) is 11.5 Å². The van der Waals surface area contributed by atoms with Crippen LogP contribution in [0.25, 0.3) is 10.8 Å². The fourth-order valence-electron chi connectivity index (χ4n) is 2.49. The first-order valence-electron chi connectivity index (χ1n) is 8.26. The number of carbonyl (C=O) groups excluding carboxylic acids is 1. The van der Waals surface area contributed by atoms with Gasteiger partial charge in [0.15, 0.2) is 6.61 Å². The molecule has 0 spiro atoms. The smallest absolute Gasteiger partial charge is 0.272 e. The van der Waals surface area contributed by atoms with Crippen LogP contribution < -0.4 is 20.3 Å². The van der Waals surface area contributed by atoms with E-state index in [4.69, 9.17) is 9.47 Å². The number of ether oxygens (including phenoxy) is 2. The molecule has 0 saturated heterocycles. The number of fused-ring (bicyclic) bond motifs is 1. The average Bonchev–Trinajstić information content (AvgIpc) is 2.67. The molecule has 7 nitrogen and oxygen atoms in total. The first kappa shape index (κ1) is 17.5. The first-order valence-corrected chi connectivity index (χ1v) is 8.26. The molecule has 2 aromatic carbocycles. The van der Waals surface area contributed by atoms with Crippen molar-refractivity contribution in [1.82, 2.24) is 15.5 Å². The molecule has 7 heteroatoms. The molecule has 26 heavy (non-hydrogen) atoms. The van der Waals surface area contributed by atoms with Crippen LogP contribution in [-0.2, 0) is 11.3 Å². The Bertz CT molecular complexity index is 951. The van der Waals surface area contributed by atoms with E-state index < -0.39 is 0 Å². The van der Waals surface area contributed by atoms with Crippen LogP contribution in [0, 0.1) is 0 Å². The molecule has 0 radical (unpaired) electrons. The normalized spacial score (nSPS) is 10.5. The first-order chi connectivity index (χ1) is 12.7. The van der Waals surface area contributed by atoms with Crippen molar-refractivity contribution in [2.24, 2.45) is 0 Å². The van der Waals surface area contributed by atoms with Crippen LogP contribution in [-0.4, -0.2) is 29.3 Å². The SMILES string of the molecule is CCOc1ccc(OCC(=O)NCc2n[nH]c(=O)c3ccccc23)cc1. The molecule has 1 heterocycles. The van der Waals surface area contributed by atoms with Gasteiger partial charge < -0.3 is 14.8 Å². The maximum Gasteiger partial charge on any atom is 0.272 e. The minimum atomic E-state index is -0.282. The monoisotopic (exact) mass is 353 g/mol. The number of aromatic nitrogens is 2. The molecule has 0 unspecified atom stereocenters. The number of nitrogens with one attached hydrogen (secondary N) is 2. The van der Waals surface area contributed by atoms with Gasteiger partial charge in [-0.05, 0) is 37.3 Å². The molecule has 0 aliphatic rings. The van der Waals surface area contributed by atoms with E-state index in [0.717, 1.165) is 5.75 Å². The van der Waals surface area contributed by atoms with E-state index in [-0.39, 0.29) is 24.6 Å². The minimum Gasteiger partial charge on any atom is -0.494 e. The highest BCUT2D eigenvalue weighted by Gasteiger charge is 2.08. The standard InChI is InChI=1S/C19H19N3O4/c1-2-25-13-7-9-14(10-8-13)26-12-18(23)20-11-17-15-5-3-4-6-16(15)19(24)22-21-17/h3-10H,2,11-12H2,1H3,(H,20,23)(H,22,24). The lowest BCUT2D eigenvalue weighted by Gasteiger charge is -2.09. The topological polar surface area (TPSA) is 93.3 Å². The summed E-state index contributed by atoms with van der Waals surface area (Å²) in [6, 6.07) is 14.2. The zero-order valence-electron chi connectivity index (χ0n) is 14.3. The van der Waals surface area contributed by atoms with Crippen LogP contribution in [0.4, 0.5) is 0 Å². The Morgan fingerprint density at radius 2 is 1.69 bits per heavy atom. The predicted molar refractivity (Wildman–Crippen MR) is 97.3 cm³/mol. The third-order valence-electron chi connectivity index (χ3n) is 3.73. The van der Waals surface area contributed by atoms with Gasteiger partial charge in [0.1, 0.15) is 11.5 Å².